The molecule has 1 heterocycles. The maximum atomic E-state index is 11.7. The van der Waals surface area contributed by atoms with Crippen molar-refractivity contribution in [2.75, 3.05) is 7.11 Å². The van der Waals surface area contributed by atoms with Crippen molar-refractivity contribution >= 4 is 17.3 Å². The number of aryl methyl sites for hydroxylation is 1. The minimum absolute atomic E-state index is 0.184. The molecule has 1 aliphatic carbocycles. The second-order valence-electron chi connectivity index (χ2n) is 4.05. The average molecular weight is 239 g/mol. The highest BCUT2D eigenvalue weighted by molar-refractivity contribution is 7.12. The summed E-state index contributed by atoms with van der Waals surface area (Å²) in [4.78, 5) is 14.1. The van der Waals surface area contributed by atoms with E-state index in [2.05, 4.69) is 18.3 Å². The molecule has 1 atom stereocenters. The first-order chi connectivity index (χ1) is 7.74. The summed E-state index contributed by atoms with van der Waals surface area (Å²) >= 11 is 1.69. The lowest BCUT2D eigenvalue weighted by atomic mass is 10.2. The van der Waals surface area contributed by atoms with Crippen LogP contribution in [0.2, 0.25) is 0 Å². The fourth-order valence-corrected chi connectivity index (χ4v) is 2.61. The Hall–Kier alpha value is -0.870. The molecular weight excluding hydrogens is 222 g/mol. The molecule has 3 nitrogen and oxygen atoms in total. The van der Waals surface area contributed by atoms with Gasteiger partial charge in [-0.05, 0) is 31.4 Å². The molecule has 0 bridgehead atoms. The molecule has 1 unspecified atom stereocenters. The van der Waals surface area contributed by atoms with Crippen LogP contribution in [-0.2, 0) is 16.0 Å². The highest BCUT2D eigenvalue weighted by Crippen LogP contribution is 2.29. The third-order valence-electron chi connectivity index (χ3n) is 2.73. The summed E-state index contributed by atoms with van der Waals surface area (Å²) < 4.78 is 4.84. The fourth-order valence-electron chi connectivity index (χ4n) is 1.61. The van der Waals surface area contributed by atoms with Crippen LogP contribution in [-0.4, -0.2) is 19.1 Å². The maximum absolute atomic E-state index is 11.7. The lowest BCUT2D eigenvalue weighted by molar-refractivity contribution is -0.143. The number of carbonyl (C=O) groups excluding carboxylic acids is 1. The molecule has 0 spiro atoms. The van der Waals surface area contributed by atoms with Gasteiger partial charge in [0.1, 0.15) is 6.04 Å². The van der Waals surface area contributed by atoms with Crippen LogP contribution in [0, 0.1) is 0 Å². The van der Waals surface area contributed by atoms with Gasteiger partial charge in [0.15, 0.2) is 0 Å². The van der Waals surface area contributed by atoms with Gasteiger partial charge >= 0.3 is 5.97 Å². The standard InChI is InChI=1S/C12H17NO2S/c1-3-9-6-7-10(16-9)11(12(14)15-2)13-8-4-5-8/h6-8,11,13H,3-5H2,1-2H3. The van der Waals surface area contributed by atoms with Crippen molar-refractivity contribution in [3.8, 4) is 0 Å². The number of methoxy groups -OCH3 is 1. The van der Waals surface area contributed by atoms with Crippen LogP contribution in [0.5, 0.6) is 0 Å². The monoisotopic (exact) mass is 239 g/mol. The number of rotatable bonds is 5. The zero-order valence-corrected chi connectivity index (χ0v) is 10.5. The number of hydrogen-bond acceptors (Lipinski definition) is 4. The molecule has 4 heteroatoms. The molecule has 1 N–H and O–H groups in total. The van der Waals surface area contributed by atoms with Crippen molar-refractivity contribution in [1.29, 1.82) is 0 Å². The predicted molar refractivity (Wildman–Crippen MR) is 64.6 cm³/mol. The second-order valence-corrected chi connectivity index (χ2v) is 5.25. The van der Waals surface area contributed by atoms with Gasteiger partial charge in [-0.25, -0.2) is 4.79 Å². The lowest BCUT2D eigenvalue weighted by Gasteiger charge is -2.14. The second kappa shape index (κ2) is 4.97. The van der Waals surface area contributed by atoms with Crippen molar-refractivity contribution < 1.29 is 9.53 Å². The smallest absolute Gasteiger partial charge is 0.328 e. The molecule has 16 heavy (non-hydrogen) atoms. The summed E-state index contributed by atoms with van der Waals surface area (Å²) in [6.45, 7) is 2.12. The van der Waals surface area contributed by atoms with Gasteiger partial charge in [-0.15, -0.1) is 11.3 Å². The topological polar surface area (TPSA) is 38.3 Å². The molecule has 0 saturated heterocycles. The first kappa shape index (κ1) is 11.6. The van der Waals surface area contributed by atoms with Crippen LogP contribution >= 0.6 is 11.3 Å². The summed E-state index contributed by atoms with van der Waals surface area (Å²) in [6.07, 6.45) is 3.35. The molecule has 0 aromatic carbocycles. The van der Waals surface area contributed by atoms with E-state index in [0.717, 1.165) is 11.3 Å². The average Bonchev–Trinajstić information content (AvgIpc) is 3.01. The Bertz CT molecular complexity index is 371. The molecule has 1 aromatic rings. The van der Waals surface area contributed by atoms with E-state index >= 15 is 0 Å². The minimum Gasteiger partial charge on any atom is -0.468 e. The third-order valence-corrected chi connectivity index (χ3v) is 4.03. The van der Waals surface area contributed by atoms with E-state index in [1.807, 2.05) is 6.07 Å². The van der Waals surface area contributed by atoms with E-state index in [1.54, 1.807) is 11.3 Å². The van der Waals surface area contributed by atoms with Gasteiger partial charge in [-0.2, -0.15) is 0 Å². The van der Waals surface area contributed by atoms with Gasteiger partial charge in [-0.3, -0.25) is 5.32 Å². The zero-order valence-electron chi connectivity index (χ0n) is 9.66. The van der Waals surface area contributed by atoms with E-state index in [4.69, 9.17) is 4.74 Å². The number of hydrogen-bond donors (Lipinski definition) is 1. The highest BCUT2D eigenvalue weighted by Gasteiger charge is 2.30. The van der Waals surface area contributed by atoms with Crippen molar-refractivity contribution in [3.05, 3.63) is 21.9 Å². The Kier molecular flexibility index (Phi) is 3.61. The molecular formula is C12H17NO2S. The van der Waals surface area contributed by atoms with Gasteiger partial charge in [0, 0.05) is 15.8 Å². The van der Waals surface area contributed by atoms with Crippen LogP contribution in [0.4, 0.5) is 0 Å². The number of nitrogens with one attached hydrogen (secondary N) is 1. The molecule has 0 amide bonds. The largest absolute Gasteiger partial charge is 0.468 e. The SMILES string of the molecule is CCc1ccc(C(NC2CC2)C(=O)OC)s1. The van der Waals surface area contributed by atoms with Crippen molar-refractivity contribution in [2.45, 2.75) is 38.3 Å². The molecule has 1 aromatic heterocycles. The van der Waals surface area contributed by atoms with Gasteiger partial charge in [-0.1, -0.05) is 6.92 Å². The lowest BCUT2D eigenvalue weighted by Crippen LogP contribution is -2.30. The number of carbonyl (C=O) groups is 1. The molecule has 0 aliphatic heterocycles. The van der Waals surface area contributed by atoms with Crippen molar-refractivity contribution in [2.24, 2.45) is 0 Å². The van der Waals surface area contributed by atoms with E-state index < -0.39 is 0 Å². The first-order valence-corrected chi connectivity index (χ1v) is 6.48. The van der Waals surface area contributed by atoms with E-state index in [0.29, 0.717) is 6.04 Å². The van der Waals surface area contributed by atoms with Gasteiger partial charge in [0.2, 0.25) is 0 Å². The van der Waals surface area contributed by atoms with Crippen molar-refractivity contribution in [1.82, 2.24) is 5.32 Å². The third kappa shape index (κ3) is 2.62. The normalized spacial score (nSPS) is 17.1. The number of thiophene rings is 1. The Morgan fingerprint density at radius 3 is 2.88 bits per heavy atom. The van der Waals surface area contributed by atoms with E-state index in [9.17, 15) is 4.79 Å². The van der Waals surface area contributed by atoms with Crippen LogP contribution in [0.25, 0.3) is 0 Å². The Morgan fingerprint density at radius 2 is 2.38 bits per heavy atom. The number of esters is 1. The number of ether oxygens (including phenoxy) is 1. The summed E-state index contributed by atoms with van der Waals surface area (Å²) in [5.74, 6) is -0.184. The maximum Gasteiger partial charge on any atom is 0.328 e. The van der Waals surface area contributed by atoms with Crippen LogP contribution < -0.4 is 5.32 Å². The summed E-state index contributed by atoms with van der Waals surface area (Å²) in [7, 11) is 1.44. The van der Waals surface area contributed by atoms with E-state index in [-0.39, 0.29) is 12.0 Å². The molecule has 1 saturated carbocycles. The van der Waals surface area contributed by atoms with Gasteiger partial charge in [0.25, 0.3) is 0 Å². The minimum atomic E-state index is -0.275. The molecule has 1 fully saturated rings. The molecule has 2 rings (SSSR count). The molecule has 0 radical (unpaired) electrons. The highest BCUT2D eigenvalue weighted by atomic mass is 32.1. The van der Waals surface area contributed by atoms with Gasteiger partial charge in [0.05, 0.1) is 7.11 Å². The fraction of sp³-hybridized carbons (Fsp3) is 0.583. The summed E-state index contributed by atoms with van der Waals surface area (Å²) in [5, 5.41) is 3.33. The van der Waals surface area contributed by atoms with Crippen LogP contribution in [0.15, 0.2) is 12.1 Å². The Balaban J connectivity index is 2.12. The van der Waals surface area contributed by atoms with E-state index in [1.165, 1.54) is 24.8 Å². The van der Waals surface area contributed by atoms with Crippen molar-refractivity contribution in [3.63, 3.8) is 0 Å². The van der Waals surface area contributed by atoms with Gasteiger partial charge < -0.3 is 4.74 Å². The van der Waals surface area contributed by atoms with Crippen LogP contribution in [0.1, 0.15) is 35.6 Å². The summed E-state index contributed by atoms with van der Waals surface area (Å²) in [5.41, 5.74) is 0. The predicted octanol–water partition coefficient (Wildman–Crippen LogP) is 2.28. The zero-order chi connectivity index (χ0) is 11.5. The van der Waals surface area contributed by atoms with Crippen LogP contribution in [0.3, 0.4) is 0 Å². The quantitative estimate of drug-likeness (QED) is 0.801. The Morgan fingerprint density at radius 1 is 1.62 bits per heavy atom. The molecule has 88 valence electrons. The summed E-state index contributed by atoms with van der Waals surface area (Å²) in [6, 6.07) is 4.34. The Labute approximate surface area is 99.8 Å². The molecule has 1 aliphatic rings. The first-order valence-electron chi connectivity index (χ1n) is 5.67.